The van der Waals surface area contributed by atoms with Gasteiger partial charge in [0, 0.05) is 35.0 Å². The lowest BCUT2D eigenvalue weighted by Crippen LogP contribution is -2.28. The predicted octanol–water partition coefficient (Wildman–Crippen LogP) is 5.75. The summed E-state index contributed by atoms with van der Waals surface area (Å²) in [5, 5.41) is 7.26. The fourth-order valence-electron chi connectivity index (χ4n) is 4.29. The number of carbonyl (C=O) groups excluding carboxylic acids is 1. The zero-order chi connectivity index (χ0) is 23.7. The van der Waals surface area contributed by atoms with Gasteiger partial charge in [0.05, 0.1) is 28.4 Å². The number of carbonyl (C=O) groups is 1. The molecule has 3 aromatic rings. The van der Waals surface area contributed by atoms with Crippen LogP contribution in [0.4, 0.5) is 21.6 Å². The summed E-state index contributed by atoms with van der Waals surface area (Å²) < 4.78 is 25.8. The largest absolute Gasteiger partial charge is 0.485 e. The first-order chi connectivity index (χ1) is 16.5. The van der Waals surface area contributed by atoms with E-state index < -0.39 is 5.82 Å². The smallest absolute Gasteiger partial charge is 0.248 e. The minimum absolute atomic E-state index is 0.00124. The van der Waals surface area contributed by atoms with Crippen molar-refractivity contribution in [1.29, 1.82) is 0 Å². The quantitative estimate of drug-likeness (QED) is 0.289. The van der Waals surface area contributed by atoms with Crippen LogP contribution in [0.2, 0.25) is 5.02 Å². The van der Waals surface area contributed by atoms with Gasteiger partial charge in [0.15, 0.2) is 0 Å². The second kappa shape index (κ2) is 9.85. The Labute approximate surface area is 208 Å². The van der Waals surface area contributed by atoms with Gasteiger partial charge in [-0.25, -0.2) is 14.4 Å². The fraction of sp³-hybridized carbons (Fsp3) is 0.292. The number of hydrogen-bond donors (Lipinski definition) is 2. The van der Waals surface area contributed by atoms with Crippen LogP contribution in [0.15, 0.2) is 48.8 Å². The van der Waals surface area contributed by atoms with Gasteiger partial charge in [0.2, 0.25) is 5.91 Å². The lowest BCUT2D eigenvalue weighted by Gasteiger charge is -2.22. The van der Waals surface area contributed by atoms with Crippen LogP contribution in [-0.2, 0) is 9.53 Å². The zero-order valence-electron chi connectivity index (χ0n) is 17.9. The van der Waals surface area contributed by atoms with E-state index in [1.807, 2.05) is 0 Å². The number of benzene rings is 2. The summed E-state index contributed by atoms with van der Waals surface area (Å²) in [5.74, 6) is 0.204. The van der Waals surface area contributed by atoms with Crippen LogP contribution < -0.4 is 15.4 Å². The molecule has 7 nitrogen and oxygen atoms in total. The molecule has 2 N–H and O–H groups in total. The number of allylic oxidation sites excluding steroid dienone is 1. The number of ether oxygens (including phenoxy) is 2. The molecule has 1 aromatic heterocycles. The van der Waals surface area contributed by atoms with E-state index in [0.717, 1.165) is 19.3 Å². The van der Waals surface area contributed by atoms with Crippen LogP contribution in [0.25, 0.3) is 10.9 Å². The molecule has 176 valence electrons. The van der Waals surface area contributed by atoms with E-state index in [1.54, 1.807) is 24.3 Å². The van der Waals surface area contributed by atoms with Crippen LogP contribution in [0, 0.1) is 5.82 Å². The number of nitrogens with zero attached hydrogens (tertiary/aromatic N) is 2. The topological polar surface area (TPSA) is 85.4 Å². The first-order valence-electron chi connectivity index (χ1n) is 10.9. The summed E-state index contributed by atoms with van der Waals surface area (Å²) in [6.07, 6.45) is 7.64. The van der Waals surface area contributed by atoms with Gasteiger partial charge in [0.1, 0.15) is 29.8 Å². The Kier molecular flexibility index (Phi) is 6.67. The molecule has 5 rings (SSSR count). The van der Waals surface area contributed by atoms with Gasteiger partial charge in [-0.2, -0.15) is 0 Å². The van der Waals surface area contributed by atoms with E-state index in [0.29, 0.717) is 39.2 Å². The standard InChI is InChI=1S/C24H21BrClFN4O3/c25-7-1-2-23(32)31-19-10-15-18(11-21(19)34-22-9-14-4-6-20(22)33-14)28-12-29-24(15)30-13-3-5-17(27)16(26)8-13/h1-3,5,8,10-12,14,20,22H,4,6-7,9H2,(H,31,32)(H,28,29,30)/b2-1+. The minimum atomic E-state index is -0.507. The minimum Gasteiger partial charge on any atom is -0.485 e. The van der Waals surface area contributed by atoms with Crippen molar-refractivity contribution < 1.29 is 18.7 Å². The molecule has 0 saturated carbocycles. The number of amides is 1. The van der Waals surface area contributed by atoms with Crippen molar-refractivity contribution in [2.75, 3.05) is 16.0 Å². The lowest BCUT2D eigenvalue weighted by atomic mass is 9.98. The Morgan fingerprint density at radius 3 is 2.91 bits per heavy atom. The Balaban J connectivity index is 1.51. The molecule has 3 atom stereocenters. The number of anilines is 3. The summed E-state index contributed by atoms with van der Waals surface area (Å²) in [6, 6.07) is 7.88. The average molecular weight is 548 g/mol. The molecule has 0 spiro atoms. The van der Waals surface area contributed by atoms with Crippen LogP contribution in [0.3, 0.4) is 0 Å². The first-order valence-corrected chi connectivity index (χ1v) is 12.4. The highest BCUT2D eigenvalue weighted by Crippen LogP contribution is 2.40. The molecule has 2 fully saturated rings. The van der Waals surface area contributed by atoms with E-state index in [9.17, 15) is 9.18 Å². The highest BCUT2D eigenvalue weighted by atomic mass is 79.9. The fourth-order valence-corrected chi connectivity index (χ4v) is 4.66. The molecule has 2 aliphatic heterocycles. The monoisotopic (exact) mass is 546 g/mol. The van der Waals surface area contributed by atoms with Crippen molar-refractivity contribution in [2.45, 2.75) is 37.6 Å². The maximum absolute atomic E-state index is 13.6. The predicted molar refractivity (Wildman–Crippen MR) is 133 cm³/mol. The second-order valence-corrected chi connectivity index (χ2v) is 9.21. The van der Waals surface area contributed by atoms with Gasteiger partial charge in [-0.05, 0) is 37.1 Å². The summed E-state index contributed by atoms with van der Waals surface area (Å²) in [4.78, 5) is 21.2. The highest BCUT2D eigenvalue weighted by molar-refractivity contribution is 9.09. The van der Waals surface area contributed by atoms with Crippen LogP contribution in [0.1, 0.15) is 19.3 Å². The number of hydrogen-bond acceptors (Lipinski definition) is 6. The van der Waals surface area contributed by atoms with E-state index in [4.69, 9.17) is 21.1 Å². The number of alkyl halides is 1. The number of fused-ring (bicyclic) bond motifs is 3. The summed E-state index contributed by atoms with van der Waals surface area (Å²) in [6.45, 7) is 0. The van der Waals surface area contributed by atoms with Crippen molar-refractivity contribution in [2.24, 2.45) is 0 Å². The molecule has 10 heteroatoms. The molecule has 3 unspecified atom stereocenters. The third-order valence-electron chi connectivity index (χ3n) is 5.86. The Hall–Kier alpha value is -2.75. The van der Waals surface area contributed by atoms with Crippen LogP contribution in [-0.4, -0.2) is 39.5 Å². The summed E-state index contributed by atoms with van der Waals surface area (Å²) in [5.41, 5.74) is 1.69. The molecule has 1 amide bonds. The van der Waals surface area contributed by atoms with Crippen molar-refractivity contribution in [3.8, 4) is 5.75 Å². The number of nitrogens with one attached hydrogen (secondary N) is 2. The third-order valence-corrected chi connectivity index (χ3v) is 6.53. The van der Waals surface area contributed by atoms with Gasteiger partial charge < -0.3 is 20.1 Å². The van der Waals surface area contributed by atoms with Gasteiger partial charge >= 0.3 is 0 Å². The number of aromatic nitrogens is 2. The van der Waals surface area contributed by atoms with E-state index in [-0.39, 0.29) is 29.2 Å². The normalized spacial score (nSPS) is 21.3. The van der Waals surface area contributed by atoms with Crippen LogP contribution >= 0.6 is 27.5 Å². The van der Waals surface area contributed by atoms with Gasteiger partial charge in [0.25, 0.3) is 0 Å². The molecule has 2 bridgehead atoms. The van der Waals surface area contributed by atoms with Crippen molar-refractivity contribution in [3.05, 3.63) is 59.7 Å². The van der Waals surface area contributed by atoms with E-state index >= 15 is 0 Å². The summed E-state index contributed by atoms with van der Waals surface area (Å²) in [7, 11) is 0. The maximum Gasteiger partial charge on any atom is 0.248 e. The van der Waals surface area contributed by atoms with Gasteiger partial charge in [-0.1, -0.05) is 33.6 Å². The van der Waals surface area contributed by atoms with E-state index in [1.165, 1.54) is 24.5 Å². The van der Waals surface area contributed by atoms with Gasteiger partial charge in [-0.15, -0.1) is 0 Å². The Bertz CT molecular complexity index is 1270. The molecule has 3 heterocycles. The van der Waals surface area contributed by atoms with Gasteiger partial charge in [-0.3, -0.25) is 4.79 Å². The molecular weight excluding hydrogens is 527 g/mol. The first kappa shape index (κ1) is 23.0. The summed E-state index contributed by atoms with van der Waals surface area (Å²) >= 11 is 9.19. The molecule has 0 aliphatic carbocycles. The maximum atomic E-state index is 13.6. The number of rotatable bonds is 7. The third kappa shape index (κ3) is 4.87. The molecular formula is C24H21BrClFN4O3. The molecule has 0 radical (unpaired) electrons. The zero-order valence-corrected chi connectivity index (χ0v) is 20.3. The Morgan fingerprint density at radius 2 is 2.18 bits per heavy atom. The molecule has 34 heavy (non-hydrogen) atoms. The van der Waals surface area contributed by atoms with E-state index in [2.05, 4.69) is 36.5 Å². The SMILES string of the molecule is O=C(/C=C/CBr)Nc1cc2c(Nc3ccc(F)c(Cl)c3)ncnc2cc1OC1CC2CCC1O2. The molecule has 2 aliphatic rings. The lowest BCUT2D eigenvalue weighted by molar-refractivity contribution is -0.111. The second-order valence-electron chi connectivity index (χ2n) is 8.15. The highest BCUT2D eigenvalue weighted by Gasteiger charge is 2.42. The van der Waals surface area contributed by atoms with Crippen molar-refractivity contribution in [3.63, 3.8) is 0 Å². The van der Waals surface area contributed by atoms with Crippen molar-refractivity contribution >= 4 is 61.5 Å². The number of halogens is 3. The van der Waals surface area contributed by atoms with Crippen LogP contribution in [0.5, 0.6) is 5.75 Å². The molecule has 2 aromatic carbocycles. The van der Waals surface area contributed by atoms with Crippen molar-refractivity contribution in [1.82, 2.24) is 9.97 Å². The molecule has 2 saturated heterocycles. The average Bonchev–Trinajstić information content (AvgIpc) is 3.44. The Morgan fingerprint density at radius 1 is 1.29 bits per heavy atom.